The third kappa shape index (κ3) is 4.66. The second-order valence-electron chi connectivity index (χ2n) is 4.06. The van der Waals surface area contributed by atoms with Gasteiger partial charge in [0.15, 0.2) is 0 Å². The van der Waals surface area contributed by atoms with E-state index in [1.165, 1.54) is 0 Å². The van der Waals surface area contributed by atoms with Crippen molar-refractivity contribution in [2.75, 3.05) is 18.6 Å². The summed E-state index contributed by atoms with van der Waals surface area (Å²) in [4.78, 5) is 18.1. The number of aromatic nitrogens is 1. The highest BCUT2D eigenvalue weighted by Crippen LogP contribution is 2.06. The predicted molar refractivity (Wildman–Crippen MR) is 76.3 cm³/mol. The standard InChI is InChI=1S/C13H21N3OS/c1-3-16(10-11-6-4-5-8-15-11)13(17)12(14)7-9-18-2/h4-6,8,12H,3,7,9-10,14H2,1-2H3/t12-/m1/s1. The number of hydrogen-bond acceptors (Lipinski definition) is 4. The number of amides is 1. The minimum absolute atomic E-state index is 0.0113. The fourth-order valence-corrected chi connectivity index (χ4v) is 2.13. The lowest BCUT2D eigenvalue weighted by Crippen LogP contribution is -2.43. The lowest BCUT2D eigenvalue weighted by molar-refractivity contribution is -0.133. The van der Waals surface area contributed by atoms with Crippen molar-refractivity contribution in [2.24, 2.45) is 5.73 Å². The summed E-state index contributed by atoms with van der Waals surface area (Å²) >= 11 is 1.71. The van der Waals surface area contributed by atoms with Crippen LogP contribution in [0.3, 0.4) is 0 Å². The van der Waals surface area contributed by atoms with Crippen molar-refractivity contribution in [2.45, 2.75) is 25.9 Å². The van der Waals surface area contributed by atoms with Crippen LogP contribution in [0.25, 0.3) is 0 Å². The van der Waals surface area contributed by atoms with Crippen LogP contribution in [0.4, 0.5) is 0 Å². The van der Waals surface area contributed by atoms with Crippen LogP contribution in [0.1, 0.15) is 19.0 Å². The van der Waals surface area contributed by atoms with Crippen molar-refractivity contribution < 1.29 is 4.79 Å². The number of pyridine rings is 1. The zero-order valence-electron chi connectivity index (χ0n) is 11.0. The molecule has 0 saturated heterocycles. The van der Waals surface area contributed by atoms with E-state index in [0.717, 1.165) is 17.9 Å². The van der Waals surface area contributed by atoms with E-state index in [1.54, 1.807) is 22.9 Å². The number of hydrogen-bond donors (Lipinski definition) is 1. The molecule has 0 radical (unpaired) electrons. The highest BCUT2D eigenvalue weighted by Gasteiger charge is 2.19. The summed E-state index contributed by atoms with van der Waals surface area (Å²) in [5.41, 5.74) is 6.80. The van der Waals surface area contributed by atoms with E-state index in [4.69, 9.17) is 5.73 Å². The molecule has 1 heterocycles. The quantitative estimate of drug-likeness (QED) is 0.813. The van der Waals surface area contributed by atoms with Gasteiger partial charge in [0.1, 0.15) is 0 Å². The molecule has 0 spiro atoms. The maximum absolute atomic E-state index is 12.1. The summed E-state index contributed by atoms with van der Waals surface area (Å²) in [5, 5.41) is 0. The minimum Gasteiger partial charge on any atom is -0.336 e. The third-order valence-corrected chi connectivity index (χ3v) is 3.37. The lowest BCUT2D eigenvalue weighted by atomic mass is 10.2. The zero-order chi connectivity index (χ0) is 13.4. The van der Waals surface area contributed by atoms with E-state index in [1.807, 2.05) is 31.4 Å². The first kappa shape index (κ1) is 15.0. The number of nitrogens with zero attached hydrogens (tertiary/aromatic N) is 2. The van der Waals surface area contributed by atoms with Gasteiger partial charge in [-0.2, -0.15) is 11.8 Å². The van der Waals surface area contributed by atoms with Crippen LogP contribution in [0.5, 0.6) is 0 Å². The molecule has 0 bridgehead atoms. The van der Waals surface area contributed by atoms with Gasteiger partial charge in [-0.3, -0.25) is 9.78 Å². The second-order valence-corrected chi connectivity index (χ2v) is 5.05. The Morgan fingerprint density at radius 1 is 1.56 bits per heavy atom. The molecule has 0 aliphatic heterocycles. The van der Waals surface area contributed by atoms with Gasteiger partial charge in [-0.05, 0) is 37.5 Å². The number of thioether (sulfide) groups is 1. The molecule has 0 aliphatic carbocycles. The molecule has 1 aromatic rings. The van der Waals surface area contributed by atoms with Gasteiger partial charge in [0, 0.05) is 12.7 Å². The fourth-order valence-electron chi connectivity index (χ4n) is 1.64. The maximum Gasteiger partial charge on any atom is 0.239 e. The summed E-state index contributed by atoms with van der Waals surface area (Å²) in [6.45, 7) is 3.15. The van der Waals surface area contributed by atoms with Crippen LogP contribution in [0.15, 0.2) is 24.4 Å². The molecule has 1 aromatic heterocycles. The smallest absolute Gasteiger partial charge is 0.239 e. The Hall–Kier alpha value is -1.07. The molecule has 0 unspecified atom stereocenters. The molecule has 1 atom stereocenters. The van der Waals surface area contributed by atoms with Crippen LogP contribution >= 0.6 is 11.8 Å². The van der Waals surface area contributed by atoms with Gasteiger partial charge in [-0.15, -0.1) is 0 Å². The first-order valence-corrected chi connectivity index (χ1v) is 7.51. The predicted octanol–water partition coefficient (Wildman–Crippen LogP) is 1.51. The molecule has 5 heteroatoms. The molecule has 0 fully saturated rings. The van der Waals surface area contributed by atoms with Crippen molar-refractivity contribution in [3.63, 3.8) is 0 Å². The molecule has 1 rings (SSSR count). The first-order chi connectivity index (χ1) is 8.69. The Morgan fingerprint density at radius 3 is 2.89 bits per heavy atom. The van der Waals surface area contributed by atoms with Gasteiger partial charge >= 0.3 is 0 Å². The van der Waals surface area contributed by atoms with Crippen LogP contribution in [-0.2, 0) is 11.3 Å². The van der Waals surface area contributed by atoms with E-state index in [2.05, 4.69) is 4.98 Å². The number of rotatable bonds is 7. The van der Waals surface area contributed by atoms with Crippen molar-refractivity contribution in [1.29, 1.82) is 0 Å². The highest BCUT2D eigenvalue weighted by atomic mass is 32.2. The third-order valence-electron chi connectivity index (χ3n) is 2.72. The van der Waals surface area contributed by atoms with Gasteiger partial charge in [0.05, 0.1) is 18.3 Å². The van der Waals surface area contributed by atoms with E-state index < -0.39 is 6.04 Å². The van der Waals surface area contributed by atoms with Crippen LogP contribution in [0, 0.1) is 0 Å². The van der Waals surface area contributed by atoms with Gasteiger partial charge in [-0.25, -0.2) is 0 Å². The average molecular weight is 267 g/mol. The zero-order valence-corrected chi connectivity index (χ0v) is 11.8. The normalized spacial score (nSPS) is 12.2. The molecular formula is C13H21N3OS. The van der Waals surface area contributed by atoms with E-state index >= 15 is 0 Å². The Balaban J connectivity index is 2.57. The Bertz CT molecular complexity index is 359. The molecule has 0 aromatic carbocycles. The monoisotopic (exact) mass is 267 g/mol. The molecule has 100 valence electrons. The Morgan fingerprint density at radius 2 is 2.33 bits per heavy atom. The van der Waals surface area contributed by atoms with Crippen LogP contribution in [0.2, 0.25) is 0 Å². The average Bonchev–Trinajstić information content (AvgIpc) is 2.42. The van der Waals surface area contributed by atoms with Gasteiger partial charge in [0.25, 0.3) is 0 Å². The number of nitrogens with two attached hydrogens (primary N) is 1. The van der Waals surface area contributed by atoms with Gasteiger partial charge < -0.3 is 10.6 Å². The molecule has 1 amide bonds. The highest BCUT2D eigenvalue weighted by molar-refractivity contribution is 7.98. The Labute approximate surface area is 113 Å². The van der Waals surface area contributed by atoms with E-state index in [0.29, 0.717) is 13.1 Å². The summed E-state index contributed by atoms with van der Waals surface area (Å²) in [6, 6.07) is 5.31. The van der Waals surface area contributed by atoms with Gasteiger partial charge in [0.2, 0.25) is 5.91 Å². The van der Waals surface area contributed by atoms with E-state index in [-0.39, 0.29) is 5.91 Å². The SMILES string of the molecule is CCN(Cc1ccccn1)C(=O)[C@H](N)CCSC. The molecular weight excluding hydrogens is 246 g/mol. The summed E-state index contributed by atoms with van der Waals surface area (Å²) in [6.07, 6.45) is 4.47. The van der Waals surface area contributed by atoms with Crippen molar-refractivity contribution >= 4 is 17.7 Å². The van der Waals surface area contributed by atoms with Crippen molar-refractivity contribution in [1.82, 2.24) is 9.88 Å². The molecule has 0 saturated carbocycles. The molecule has 18 heavy (non-hydrogen) atoms. The molecule has 4 nitrogen and oxygen atoms in total. The first-order valence-electron chi connectivity index (χ1n) is 6.12. The van der Waals surface area contributed by atoms with Gasteiger partial charge in [-0.1, -0.05) is 6.07 Å². The largest absolute Gasteiger partial charge is 0.336 e. The van der Waals surface area contributed by atoms with Crippen molar-refractivity contribution in [3.8, 4) is 0 Å². The lowest BCUT2D eigenvalue weighted by Gasteiger charge is -2.23. The molecule has 0 aliphatic rings. The number of likely N-dealkylation sites (N-methyl/N-ethyl adjacent to an activating group) is 1. The minimum atomic E-state index is -0.402. The summed E-state index contributed by atoms with van der Waals surface area (Å²) < 4.78 is 0. The van der Waals surface area contributed by atoms with Crippen molar-refractivity contribution in [3.05, 3.63) is 30.1 Å². The number of carbonyl (C=O) groups excluding carboxylic acids is 1. The summed E-state index contributed by atoms with van der Waals surface area (Å²) in [5.74, 6) is 0.922. The van der Waals surface area contributed by atoms with Crippen LogP contribution < -0.4 is 5.73 Å². The molecule has 2 N–H and O–H groups in total. The number of carbonyl (C=O) groups is 1. The second kappa shape index (κ2) is 8.11. The van der Waals surface area contributed by atoms with E-state index in [9.17, 15) is 4.79 Å². The summed E-state index contributed by atoms with van der Waals surface area (Å²) in [7, 11) is 0. The Kier molecular flexibility index (Phi) is 6.75. The van der Waals surface area contributed by atoms with Crippen LogP contribution in [-0.4, -0.2) is 40.4 Å². The topological polar surface area (TPSA) is 59.2 Å². The maximum atomic E-state index is 12.1. The fraction of sp³-hybridized carbons (Fsp3) is 0.538.